The molecule has 3 heterocycles. The van der Waals surface area contributed by atoms with Crippen molar-refractivity contribution in [3.63, 3.8) is 0 Å². The van der Waals surface area contributed by atoms with Crippen LogP contribution >= 0.6 is 15.9 Å². The molecular weight excluding hydrogens is 266 g/mol. The van der Waals surface area contributed by atoms with Crippen LogP contribution in [0.2, 0.25) is 0 Å². The summed E-state index contributed by atoms with van der Waals surface area (Å²) in [5.41, 5.74) is 1.16. The molecule has 2 aromatic rings. The molecule has 0 bridgehead atoms. The fraction of sp³-hybridized carbons (Fsp3) is 0.417. The molecule has 0 radical (unpaired) electrons. The third-order valence-electron chi connectivity index (χ3n) is 3.35. The van der Waals surface area contributed by atoms with Crippen molar-refractivity contribution in [2.75, 3.05) is 13.6 Å². The van der Waals surface area contributed by atoms with E-state index in [0.29, 0.717) is 6.04 Å². The molecule has 2 aromatic heterocycles. The standard InChI is InChI=1S/C12H14BrN3/c1-15-7-3-5-10(15)12-14-8-9-4-2-6-11(13)16(9)12/h2,4,6,8,10H,3,5,7H2,1H3. The summed E-state index contributed by atoms with van der Waals surface area (Å²) in [6, 6.07) is 6.66. The number of fused-ring (bicyclic) bond motifs is 1. The first kappa shape index (κ1) is 10.3. The molecule has 0 saturated carbocycles. The molecule has 16 heavy (non-hydrogen) atoms. The highest BCUT2D eigenvalue weighted by Crippen LogP contribution is 2.31. The fourth-order valence-electron chi connectivity index (χ4n) is 2.50. The maximum Gasteiger partial charge on any atom is 0.131 e. The van der Waals surface area contributed by atoms with Gasteiger partial charge < -0.3 is 0 Å². The van der Waals surface area contributed by atoms with Crippen LogP contribution in [-0.4, -0.2) is 27.9 Å². The van der Waals surface area contributed by atoms with Gasteiger partial charge in [0.05, 0.1) is 22.4 Å². The van der Waals surface area contributed by atoms with E-state index < -0.39 is 0 Å². The first-order valence-electron chi connectivity index (χ1n) is 5.59. The highest BCUT2D eigenvalue weighted by Gasteiger charge is 2.26. The number of pyridine rings is 1. The van der Waals surface area contributed by atoms with Gasteiger partial charge >= 0.3 is 0 Å². The van der Waals surface area contributed by atoms with Crippen LogP contribution in [0.1, 0.15) is 24.7 Å². The first-order chi connectivity index (χ1) is 7.77. The maximum atomic E-state index is 4.58. The van der Waals surface area contributed by atoms with Crippen molar-refractivity contribution in [2.24, 2.45) is 0 Å². The van der Waals surface area contributed by atoms with Crippen molar-refractivity contribution in [3.05, 3.63) is 34.8 Å². The SMILES string of the molecule is CN1CCCC1c1ncc2cccc(Br)n12. The van der Waals surface area contributed by atoms with Gasteiger partial charge in [0.15, 0.2) is 0 Å². The summed E-state index contributed by atoms with van der Waals surface area (Å²) < 4.78 is 3.28. The van der Waals surface area contributed by atoms with E-state index in [0.717, 1.165) is 15.9 Å². The van der Waals surface area contributed by atoms with E-state index in [-0.39, 0.29) is 0 Å². The molecule has 0 N–H and O–H groups in total. The Morgan fingerprint density at radius 3 is 3.06 bits per heavy atom. The number of hydrogen-bond donors (Lipinski definition) is 0. The Balaban J connectivity index is 2.16. The van der Waals surface area contributed by atoms with Gasteiger partial charge in [0, 0.05) is 0 Å². The van der Waals surface area contributed by atoms with Crippen molar-refractivity contribution in [3.8, 4) is 0 Å². The summed E-state index contributed by atoms with van der Waals surface area (Å²) in [6.45, 7) is 1.17. The Labute approximate surface area is 103 Å². The lowest BCUT2D eigenvalue weighted by Gasteiger charge is -2.18. The zero-order valence-corrected chi connectivity index (χ0v) is 10.8. The molecule has 1 aliphatic rings. The zero-order chi connectivity index (χ0) is 11.1. The van der Waals surface area contributed by atoms with Crippen LogP contribution in [0.4, 0.5) is 0 Å². The number of rotatable bonds is 1. The highest BCUT2D eigenvalue weighted by molar-refractivity contribution is 9.10. The average molecular weight is 280 g/mol. The lowest BCUT2D eigenvalue weighted by atomic mass is 10.2. The van der Waals surface area contributed by atoms with Crippen molar-refractivity contribution < 1.29 is 0 Å². The highest BCUT2D eigenvalue weighted by atomic mass is 79.9. The van der Waals surface area contributed by atoms with E-state index in [2.05, 4.69) is 49.4 Å². The molecule has 1 atom stereocenters. The summed E-state index contributed by atoms with van der Waals surface area (Å²) in [5.74, 6) is 1.16. The third-order valence-corrected chi connectivity index (χ3v) is 3.97. The van der Waals surface area contributed by atoms with Gasteiger partial charge in [-0.1, -0.05) is 6.07 Å². The second-order valence-corrected chi connectivity index (χ2v) is 5.18. The van der Waals surface area contributed by atoms with E-state index in [1.807, 2.05) is 12.3 Å². The largest absolute Gasteiger partial charge is 0.297 e. The van der Waals surface area contributed by atoms with Crippen LogP contribution in [0.5, 0.6) is 0 Å². The molecule has 84 valence electrons. The molecule has 0 aliphatic carbocycles. The molecule has 0 spiro atoms. The monoisotopic (exact) mass is 279 g/mol. The predicted octanol–water partition coefficient (Wildman–Crippen LogP) is 2.86. The smallest absolute Gasteiger partial charge is 0.131 e. The van der Waals surface area contributed by atoms with Crippen LogP contribution < -0.4 is 0 Å². The van der Waals surface area contributed by atoms with E-state index >= 15 is 0 Å². The minimum Gasteiger partial charge on any atom is -0.297 e. The van der Waals surface area contributed by atoms with Crippen molar-refractivity contribution in [2.45, 2.75) is 18.9 Å². The van der Waals surface area contributed by atoms with Gasteiger partial charge in [0.1, 0.15) is 5.82 Å². The summed E-state index contributed by atoms with van der Waals surface area (Å²) in [4.78, 5) is 6.96. The van der Waals surface area contributed by atoms with Gasteiger partial charge in [-0.2, -0.15) is 0 Å². The van der Waals surface area contributed by atoms with Gasteiger partial charge in [-0.15, -0.1) is 0 Å². The van der Waals surface area contributed by atoms with Gasteiger partial charge in [-0.05, 0) is 54.5 Å². The number of hydrogen-bond acceptors (Lipinski definition) is 2. The van der Waals surface area contributed by atoms with Gasteiger partial charge in [-0.3, -0.25) is 9.30 Å². The fourth-order valence-corrected chi connectivity index (χ4v) is 3.04. The lowest BCUT2D eigenvalue weighted by Crippen LogP contribution is -2.19. The summed E-state index contributed by atoms with van der Waals surface area (Å²) in [5, 5.41) is 0. The van der Waals surface area contributed by atoms with Gasteiger partial charge in [-0.25, -0.2) is 4.98 Å². The summed E-state index contributed by atoms with van der Waals surface area (Å²) in [7, 11) is 2.18. The lowest BCUT2D eigenvalue weighted by molar-refractivity contribution is 0.304. The molecule has 1 fully saturated rings. The Morgan fingerprint density at radius 2 is 2.31 bits per heavy atom. The Morgan fingerprint density at radius 1 is 1.44 bits per heavy atom. The van der Waals surface area contributed by atoms with Crippen LogP contribution in [-0.2, 0) is 0 Å². The molecule has 3 rings (SSSR count). The minimum absolute atomic E-state index is 0.459. The number of aromatic nitrogens is 2. The molecule has 1 unspecified atom stereocenters. The second kappa shape index (κ2) is 3.86. The van der Waals surface area contributed by atoms with Crippen molar-refractivity contribution >= 4 is 21.4 Å². The van der Waals surface area contributed by atoms with E-state index in [4.69, 9.17) is 0 Å². The Kier molecular flexibility index (Phi) is 2.48. The number of nitrogens with zero attached hydrogens (tertiary/aromatic N) is 3. The molecular formula is C12H14BrN3. The van der Waals surface area contributed by atoms with Crippen LogP contribution in [0, 0.1) is 0 Å². The minimum atomic E-state index is 0.459. The van der Waals surface area contributed by atoms with Crippen molar-refractivity contribution in [1.82, 2.24) is 14.3 Å². The first-order valence-corrected chi connectivity index (χ1v) is 6.39. The topological polar surface area (TPSA) is 20.5 Å². The number of likely N-dealkylation sites (tertiary alicyclic amines) is 1. The van der Waals surface area contributed by atoms with E-state index in [1.165, 1.54) is 19.4 Å². The predicted molar refractivity (Wildman–Crippen MR) is 67.5 cm³/mol. The number of imidazole rings is 1. The van der Waals surface area contributed by atoms with E-state index in [1.54, 1.807) is 0 Å². The van der Waals surface area contributed by atoms with Crippen molar-refractivity contribution in [1.29, 1.82) is 0 Å². The summed E-state index contributed by atoms with van der Waals surface area (Å²) in [6.07, 6.45) is 4.42. The zero-order valence-electron chi connectivity index (χ0n) is 9.23. The average Bonchev–Trinajstić information content (AvgIpc) is 2.84. The quantitative estimate of drug-likeness (QED) is 0.749. The maximum absolute atomic E-state index is 4.58. The van der Waals surface area contributed by atoms with Crippen LogP contribution in [0.25, 0.3) is 5.52 Å². The Bertz CT molecular complexity index is 520. The van der Waals surface area contributed by atoms with Gasteiger partial charge in [0.25, 0.3) is 0 Å². The van der Waals surface area contributed by atoms with E-state index in [9.17, 15) is 0 Å². The third kappa shape index (κ3) is 1.48. The Hall–Kier alpha value is -0.870. The molecule has 1 aliphatic heterocycles. The number of halogens is 1. The van der Waals surface area contributed by atoms with Crippen LogP contribution in [0.3, 0.4) is 0 Å². The molecule has 3 nitrogen and oxygen atoms in total. The molecule has 4 heteroatoms. The summed E-state index contributed by atoms with van der Waals surface area (Å²) >= 11 is 3.60. The van der Waals surface area contributed by atoms with Gasteiger partial charge in [0.2, 0.25) is 0 Å². The molecule has 0 amide bonds. The van der Waals surface area contributed by atoms with Crippen LogP contribution in [0.15, 0.2) is 29.0 Å². The molecule has 0 aromatic carbocycles. The molecule has 1 saturated heterocycles. The normalized spacial score (nSPS) is 22.0. The second-order valence-electron chi connectivity index (χ2n) is 4.36.